The van der Waals surface area contributed by atoms with Crippen molar-refractivity contribution in [3.8, 4) is 0 Å². The molecule has 1 saturated heterocycles. The van der Waals surface area contributed by atoms with Gasteiger partial charge in [-0.15, -0.1) is 0 Å². The second kappa shape index (κ2) is 6.77. The normalized spacial score (nSPS) is 21.6. The Morgan fingerprint density at radius 1 is 1.29 bits per heavy atom. The molecule has 1 aromatic rings. The lowest BCUT2D eigenvalue weighted by Crippen LogP contribution is -2.51. The standard InChI is InChI=1S/C15H24N2/c1-2-15-13-16-10-12-17(15)11-6-9-14-7-4-3-5-8-14/h3-5,7-8,15-16H,2,6,9-13H2,1H3. The minimum Gasteiger partial charge on any atom is -0.314 e. The van der Waals surface area contributed by atoms with Gasteiger partial charge < -0.3 is 5.32 Å². The number of nitrogens with zero attached hydrogens (tertiary/aromatic N) is 1. The van der Waals surface area contributed by atoms with E-state index in [0.29, 0.717) is 0 Å². The van der Waals surface area contributed by atoms with Crippen LogP contribution in [0.2, 0.25) is 0 Å². The van der Waals surface area contributed by atoms with E-state index in [1.165, 1.54) is 44.5 Å². The van der Waals surface area contributed by atoms with E-state index >= 15 is 0 Å². The lowest BCUT2D eigenvalue weighted by molar-refractivity contribution is 0.155. The maximum atomic E-state index is 3.48. The molecule has 0 aliphatic carbocycles. The number of benzene rings is 1. The van der Waals surface area contributed by atoms with Crippen molar-refractivity contribution >= 4 is 0 Å². The Kier molecular flexibility index (Phi) is 5.02. The number of aryl methyl sites for hydroxylation is 1. The largest absolute Gasteiger partial charge is 0.314 e. The maximum Gasteiger partial charge on any atom is 0.0218 e. The van der Waals surface area contributed by atoms with Gasteiger partial charge in [0.1, 0.15) is 0 Å². The molecule has 1 atom stereocenters. The average molecular weight is 232 g/mol. The van der Waals surface area contributed by atoms with Crippen LogP contribution in [0, 0.1) is 0 Å². The molecular formula is C15H24N2. The molecule has 1 unspecified atom stereocenters. The van der Waals surface area contributed by atoms with Gasteiger partial charge >= 0.3 is 0 Å². The molecule has 0 saturated carbocycles. The Morgan fingerprint density at radius 3 is 2.88 bits per heavy atom. The Hall–Kier alpha value is -0.860. The highest BCUT2D eigenvalue weighted by Crippen LogP contribution is 2.09. The topological polar surface area (TPSA) is 15.3 Å². The first kappa shape index (κ1) is 12.6. The number of piperazine rings is 1. The monoisotopic (exact) mass is 232 g/mol. The molecule has 0 aromatic heterocycles. The smallest absolute Gasteiger partial charge is 0.0218 e. The van der Waals surface area contributed by atoms with E-state index in [-0.39, 0.29) is 0 Å². The third-order valence-electron chi connectivity index (χ3n) is 3.70. The fourth-order valence-electron chi connectivity index (χ4n) is 2.63. The molecule has 0 radical (unpaired) electrons. The van der Waals surface area contributed by atoms with E-state index in [2.05, 4.69) is 47.5 Å². The number of hydrogen-bond donors (Lipinski definition) is 1. The lowest BCUT2D eigenvalue weighted by Gasteiger charge is -2.35. The fourth-order valence-corrected chi connectivity index (χ4v) is 2.63. The molecule has 1 aliphatic rings. The van der Waals surface area contributed by atoms with Gasteiger partial charge in [0, 0.05) is 25.7 Å². The van der Waals surface area contributed by atoms with Crippen molar-refractivity contribution in [1.82, 2.24) is 10.2 Å². The minimum atomic E-state index is 0.750. The molecule has 1 fully saturated rings. The summed E-state index contributed by atoms with van der Waals surface area (Å²) in [6.07, 6.45) is 3.75. The molecule has 2 rings (SSSR count). The van der Waals surface area contributed by atoms with Gasteiger partial charge in [-0.2, -0.15) is 0 Å². The third-order valence-corrected chi connectivity index (χ3v) is 3.70. The average Bonchev–Trinajstić information content (AvgIpc) is 2.40. The van der Waals surface area contributed by atoms with Crippen molar-refractivity contribution < 1.29 is 0 Å². The Labute approximate surface area is 105 Å². The van der Waals surface area contributed by atoms with Crippen molar-refractivity contribution in [2.75, 3.05) is 26.2 Å². The first-order valence-corrected chi connectivity index (χ1v) is 6.89. The van der Waals surface area contributed by atoms with E-state index < -0.39 is 0 Å². The summed E-state index contributed by atoms with van der Waals surface area (Å²) in [5.74, 6) is 0. The number of rotatable bonds is 5. The second-order valence-electron chi connectivity index (χ2n) is 4.89. The van der Waals surface area contributed by atoms with E-state index in [4.69, 9.17) is 0 Å². The van der Waals surface area contributed by atoms with Gasteiger partial charge in [0.25, 0.3) is 0 Å². The molecule has 2 heteroatoms. The van der Waals surface area contributed by atoms with E-state index in [0.717, 1.165) is 12.6 Å². The molecule has 1 aliphatic heterocycles. The summed E-state index contributed by atoms with van der Waals surface area (Å²) in [6.45, 7) is 7.08. The molecule has 2 nitrogen and oxygen atoms in total. The zero-order valence-corrected chi connectivity index (χ0v) is 10.9. The van der Waals surface area contributed by atoms with Crippen molar-refractivity contribution in [3.63, 3.8) is 0 Å². The van der Waals surface area contributed by atoms with Gasteiger partial charge in [-0.3, -0.25) is 4.90 Å². The van der Waals surface area contributed by atoms with Crippen molar-refractivity contribution in [3.05, 3.63) is 35.9 Å². The molecule has 0 spiro atoms. The molecule has 17 heavy (non-hydrogen) atoms. The van der Waals surface area contributed by atoms with E-state index in [1.807, 2.05) is 0 Å². The van der Waals surface area contributed by atoms with Crippen LogP contribution < -0.4 is 5.32 Å². The van der Waals surface area contributed by atoms with Gasteiger partial charge in [-0.25, -0.2) is 0 Å². The quantitative estimate of drug-likeness (QED) is 0.838. The summed E-state index contributed by atoms with van der Waals surface area (Å²) in [4.78, 5) is 2.65. The maximum absolute atomic E-state index is 3.48. The number of hydrogen-bond acceptors (Lipinski definition) is 2. The van der Waals surface area contributed by atoms with E-state index in [9.17, 15) is 0 Å². The summed E-state index contributed by atoms with van der Waals surface area (Å²) in [5, 5.41) is 3.48. The van der Waals surface area contributed by atoms with Crippen LogP contribution >= 0.6 is 0 Å². The van der Waals surface area contributed by atoms with Crippen molar-refractivity contribution in [2.45, 2.75) is 32.2 Å². The van der Waals surface area contributed by atoms with Gasteiger partial charge in [-0.1, -0.05) is 37.3 Å². The Morgan fingerprint density at radius 2 is 2.12 bits per heavy atom. The zero-order chi connectivity index (χ0) is 11.9. The van der Waals surface area contributed by atoms with Crippen molar-refractivity contribution in [2.24, 2.45) is 0 Å². The van der Waals surface area contributed by atoms with Gasteiger partial charge in [0.05, 0.1) is 0 Å². The summed E-state index contributed by atoms with van der Waals surface area (Å²) in [6, 6.07) is 11.6. The third kappa shape index (κ3) is 3.83. The highest BCUT2D eigenvalue weighted by molar-refractivity contribution is 5.14. The van der Waals surface area contributed by atoms with Crippen LogP contribution in [0.4, 0.5) is 0 Å². The van der Waals surface area contributed by atoms with Crippen LogP contribution in [0.25, 0.3) is 0 Å². The molecule has 1 heterocycles. The van der Waals surface area contributed by atoms with Crippen LogP contribution in [-0.4, -0.2) is 37.1 Å². The summed E-state index contributed by atoms with van der Waals surface area (Å²) in [7, 11) is 0. The highest BCUT2D eigenvalue weighted by atomic mass is 15.2. The first-order chi connectivity index (χ1) is 8.40. The molecule has 0 bridgehead atoms. The van der Waals surface area contributed by atoms with Crippen LogP contribution in [0.5, 0.6) is 0 Å². The van der Waals surface area contributed by atoms with Crippen LogP contribution in [0.3, 0.4) is 0 Å². The summed E-state index contributed by atoms with van der Waals surface area (Å²) >= 11 is 0. The Bertz CT molecular complexity index is 310. The van der Waals surface area contributed by atoms with Crippen LogP contribution in [0.1, 0.15) is 25.3 Å². The predicted octanol–water partition coefficient (Wildman–Crippen LogP) is 2.30. The summed E-state index contributed by atoms with van der Waals surface area (Å²) < 4.78 is 0. The highest BCUT2D eigenvalue weighted by Gasteiger charge is 2.19. The number of nitrogens with one attached hydrogen (secondary N) is 1. The second-order valence-corrected chi connectivity index (χ2v) is 4.89. The molecule has 0 amide bonds. The van der Waals surface area contributed by atoms with Gasteiger partial charge in [0.15, 0.2) is 0 Å². The molecule has 1 N–H and O–H groups in total. The minimum absolute atomic E-state index is 0.750. The molecule has 94 valence electrons. The van der Waals surface area contributed by atoms with Crippen LogP contribution in [-0.2, 0) is 6.42 Å². The Balaban J connectivity index is 1.74. The molecular weight excluding hydrogens is 208 g/mol. The van der Waals surface area contributed by atoms with Gasteiger partial charge in [0.2, 0.25) is 0 Å². The summed E-state index contributed by atoms with van der Waals surface area (Å²) in [5.41, 5.74) is 1.47. The molecule has 1 aromatic carbocycles. The first-order valence-electron chi connectivity index (χ1n) is 6.89. The van der Waals surface area contributed by atoms with Gasteiger partial charge in [-0.05, 0) is 31.4 Å². The lowest BCUT2D eigenvalue weighted by atomic mass is 10.1. The predicted molar refractivity (Wildman–Crippen MR) is 73.3 cm³/mol. The van der Waals surface area contributed by atoms with Crippen LogP contribution in [0.15, 0.2) is 30.3 Å². The fraction of sp³-hybridized carbons (Fsp3) is 0.600. The zero-order valence-electron chi connectivity index (χ0n) is 10.9. The van der Waals surface area contributed by atoms with E-state index in [1.54, 1.807) is 0 Å². The SMILES string of the molecule is CCC1CNCCN1CCCc1ccccc1. The van der Waals surface area contributed by atoms with Crippen molar-refractivity contribution in [1.29, 1.82) is 0 Å².